The maximum atomic E-state index is 13.3. The third kappa shape index (κ3) is 10.6. The van der Waals surface area contributed by atoms with Crippen molar-refractivity contribution in [2.24, 2.45) is 0 Å². The summed E-state index contributed by atoms with van der Waals surface area (Å²) in [6.07, 6.45) is 18.1. The summed E-state index contributed by atoms with van der Waals surface area (Å²) >= 11 is 0. The number of benzene rings is 1. The molecule has 0 amide bonds. The van der Waals surface area contributed by atoms with Crippen LogP contribution in [0.25, 0.3) is 10.9 Å². The Labute approximate surface area is 212 Å². The minimum absolute atomic E-state index is 0.0868. The summed E-state index contributed by atoms with van der Waals surface area (Å²) in [4.78, 5) is 14.9. The molecule has 2 rings (SSSR count). The number of nitrogens with zero attached hydrogens (tertiary/aromatic N) is 2. The highest BCUT2D eigenvalue weighted by Gasteiger charge is 2.13. The number of unbranched alkanes of at least 4 members (excludes halogenated alkanes) is 8. The van der Waals surface area contributed by atoms with Crippen molar-refractivity contribution in [1.29, 1.82) is 0 Å². The molecule has 0 aliphatic rings. The first-order valence-electron chi connectivity index (χ1n) is 16.0. The van der Waals surface area contributed by atoms with Crippen molar-refractivity contribution in [3.05, 3.63) is 60.2 Å². The Morgan fingerprint density at radius 2 is 1.64 bits per heavy atom. The van der Waals surface area contributed by atoms with E-state index in [1.807, 2.05) is 0 Å². The summed E-state index contributed by atoms with van der Waals surface area (Å²) in [7, 11) is 3.37. The highest BCUT2D eigenvalue weighted by Crippen LogP contribution is 2.23. The Hall–Kier alpha value is -2.13. The SMILES string of the molecule is [2H]c1c([2H])c([2H])c2c(c1[2H])c(C([2H])([2H])CN(C)C)c([2H])n2C(=O)CCCCCCC/C=C\C/C=C\CCCCC. The van der Waals surface area contributed by atoms with Crippen molar-refractivity contribution in [2.45, 2.75) is 90.3 Å². The van der Waals surface area contributed by atoms with Gasteiger partial charge in [-0.15, -0.1) is 0 Å². The Balaban J connectivity index is 1.99. The number of carbonyl (C=O) groups excluding carboxylic acids is 1. The van der Waals surface area contributed by atoms with E-state index < -0.39 is 42.6 Å². The second-order valence-electron chi connectivity index (χ2n) is 8.83. The molecule has 1 aromatic carbocycles. The van der Waals surface area contributed by atoms with Gasteiger partial charge in [0, 0.05) is 27.3 Å². The normalized spacial score (nSPS) is 15.6. The molecule has 0 atom stereocenters. The lowest BCUT2D eigenvalue weighted by atomic mass is 10.1. The molecule has 0 N–H and O–H groups in total. The van der Waals surface area contributed by atoms with Crippen LogP contribution in [0.5, 0.6) is 0 Å². The van der Waals surface area contributed by atoms with Gasteiger partial charge in [0.1, 0.15) is 0 Å². The van der Waals surface area contributed by atoms with Gasteiger partial charge in [0.15, 0.2) is 0 Å². The van der Waals surface area contributed by atoms with E-state index in [1.54, 1.807) is 19.0 Å². The van der Waals surface area contributed by atoms with Gasteiger partial charge in [0.2, 0.25) is 5.91 Å². The average Bonchev–Trinajstić information content (AvgIpc) is 3.21. The summed E-state index contributed by atoms with van der Waals surface area (Å²) < 4.78 is 59.9. The lowest BCUT2D eigenvalue weighted by molar-refractivity contribution is 0.0904. The zero-order chi connectivity index (χ0) is 29.9. The number of carbonyl (C=O) groups is 1. The van der Waals surface area contributed by atoms with E-state index in [1.165, 1.54) is 19.3 Å². The smallest absolute Gasteiger partial charge is 0.231 e. The van der Waals surface area contributed by atoms with Crippen molar-refractivity contribution in [2.75, 3.05) is 20.6 Å². The first-order chi connectivity index (χ1) is 19.0. The van der Waals surface area contributed by atoms with Gasteiger partial charge >= 0.3 is 0 Å². The van der Waals surface area contributed by atoms with Gasteiger partial charge < -0.3 is 4.90 Å². The molecule has 0 spiro atoms. The van der Waals surface area contributed by atoms with Crippen LogP contribution >= 0.6 is 0 Å². The first-order valence-corrected chi connectivity index (χ1v) is 12.5. The number of rotatable bonds is 17. The third-order valence-corrected chi connectivity index (χ3v) is 5.53. The predicted molar refractivity (Wildman–Crippen MR) is 144 cm³/mol. The maximum absolute atomic E-state index is 13.3. The quantitative estimate of drug-likeness (QED) is 0.177. The van der Waals surface area contributed by atoms with E-state index in [4.69, 9.17) is 9.60 Å². The van der Waals surface area contributed by atoms with E-state index in [2.05, 4.69) is 31.2 Å². The molecule has 2 aromatic rings. The van der Waals surface area contributed by atoms with E-state index in [0.29, 0.717) is 6.42 Å². The highest BCUT2D eigenvalue weighted by molar-refractivity contribution is 5.94. The first kappa shape index (κ1) is 18.2. The van der Waals surface area contributed by atoms with Crippen molar-refractivity contribution < 1.29 is 14.4 Å². The second kappa shape index (κ2) is 16.5. The zero-order valence-electron chi connectivity index (χ0n) is 27.8. The summed E-state index contributed by atoms with van der Waals surface area (Å²) in [5.41, 5.74) is -0.280. The fraction of sp³-hybridized carbons (Fsp3) is 0.567. The molecular weight excluding hydrogens is 404 g/mol. The molecule has 0 unspecified atom stereocenters. The molecule has 1 heterocycles. The molecule has 0 saturated heterocycles. The maximum Gasteiger partial charge on any atom is 0.231 e. The summed E-state index contributed by atoms with van der Waals surface area (Å²) in [6, 6.07) is -1.85. The number of allylic oxidation sites excluding steroid dienone is 4. The van der Waals surface area contributed by atoms with Crippen LogP contribution in [0.2, 0.25) is 0 Å². The average molecular weight is 458 g/mol. The summed E-state index contributed by atoms with van der Waals surface area (Å²) in [5.74, 6) is -0.447. The van der Waals surface area contributed by atoms with Gasteiger partial charge in [-0.25, -0.2) is 0 Å². The Kier molecular flexibility index (Phi) is 9.10. The van der Waals surface area contributed by atoms with Crippen molar-refractivity contribution in [1.82, 2.24) is 9.47 Å². The van der Waals surface area contributed by atoms with E-state index in [0.717, 1.165) is 49.5 Å². The topological polar surface area (TPSA) is 25.2 Å². The molecular formula is C30H46N2O. The van der Waals surface area contributed by atoms with Crippen molar-refractivity contribution in [3.8, 4) is 0 Å². The van der Waals surface area contributed by atoms with Gasteiger partial charge in [-0.1, -0.05) is 81.5 Å². The van der Waals surface area contributed by atoms with Gasteiger partial charge in [0.05, 0.1) is 12.4 Å². The fourth-order valence-corrected chi connectivity index (χ4v) is 3.63. The van der Waals surface area contributed by atoms with Crippen LogP contribution in [0.4, 0.5) is 0 Å². The molecule has 182 valence electrons. The van der Waals surface area contributed by atoms with Crippen LogP contribution < -0.4 is 0 Å². The molecule has 1 aromatic heterocycles. The molecule has 33 heavy (non-hydrogen) atoms. The van der Waals surface area contributed by atoms with E-state index >= 15 is 0 Å². The largest absolute Gasteiger partial charge is 0.309 e. The lowest BCUT2D eigenvalue weighted by Gasteiger charge is -2.07. The number of likely N-dealkylation sites (N-methyl/N-ethyl adjacent to an activating group) is 1. The Morgan fingerprint density at radius 3 is 2.36 bits per heavy atom. The molecule has 0 fully saturated rings. The van der Waals surface area contributed by atoms with Gasteiger partial charge in [-0.05, 0) is 70.6 Å². The number of hydrogen-bond acceptors (Lipinski definition) is 2. The van der Waals surface area contributed by atoms with Crippen LogP contribution in [0.3, 0.4) is 0 Å². The van der Waals surface area contributed by atoms with Crippen LogP contribution in [-0.4, -0.2) is 36.0 Å². The minimum atomic E-state index is -2.10. The third-order valence-electron chi connectivity index (χ3n) is 5.53. The molecule has 0 bridgehead atoms. The second-order valence-corrected chi connectivity index (χ2v) is 8.83. The Morgan fingerprint density at radius 1 is 0.970 bits per heavy atom. The summed E-state index contributed by atoms with van der Waals surface area (Å²) in [6.45, 7) is 2.12. The molecule has 0 radical (unpaired) electrons. The van der Waals surface area contributed by atoms with Crippen LogP contribution in [0.15, 0.2) is 54.6 Å². The van der Waals surface area contributed by atoms with Crippen LogP contribution in [0.1, 0.15) is 104 Å². The highest BCUT2D eigenvalue weighted by atomic mass is 16.2. The number of para-hydroxylation sites is 1. The number of hydrogen-bond donors (Lipinski definition) is 0. The van der Waals surface area contributed by atoms with E-state index in [9.17, 15) is 4.79 Å². The van der Waals surface area contributed by atoms with Crippen molar-refractivity contribution in [3.63, 3.8) is 0 Å². The number of aromatic nitrogens is 1. The monoisotopic (exact) mass is 457 g/mol. The number of fused-ring (bicyclic) bond motifs is 1. The molecule has 0 aliphatic heterocycles. The van der Waals surface area contributed by atoms with E-state index in [-0.39, 0.29) is 29.4 Å². The van der Waals surface area contributed by atoms with Crippen LogP contribution in [0, 0.1) is 0 Å². The Bertz CT molecular complexity index is 1190. The fourth-order valence-electron chi connectivity index (χ4n) is 3.63. The van der Waals surface area contributed by atoms with Crippen LogP contribution in [-0.2, 0) is 6.37 Å². The van der Waals surface area contributed by atoms with Gasteiger partial charge in [0.25, 0.3) is 0 Å². The molecule has 3 nitrogen and oxygen atoms in total. The minimum Gasteiger partial charge on any atom is -0.309 e. The lowest BCUT2D eigenvalue weighted by Crippen LogP contribution is -2.15. The van der Waals surface area contributed by atoms with Gasteiger partial charge in [-0.3, -0.25) is 9.36 Å². The molecule has 0 saturated carbocycles. The zero-order valence-corrected chi connectivity index (χ0v) is 20.8. The standard InChI is InChI=1S/C30H46N2O/c1-4-5-6-7-8-9-10-11-12-13-14-15-16-17-18-23-30(33)32-26-27(24-25-31(2)3)28-21-19-20-22-29(28)32/h8-9,11-12,19-22,26H,4-7,10,13-18,23-25H2,1-3H3/b9-8-,12-11-/i19D,20D,21D,22D,24D2,26D. The molecule has 3 heteroatoms. The summed E-state index contributed by atoms with van der Waals surface area (Å²) in [5, 5.41) is -0.0868. The molecule has 0 aliphatic carbocycles. The van der Waals surface area contributed by atoms with Gasteiger partial charge in [-0.2, -0.15) is 0 Å². The predicted octanol–water partition coefficient (Wildman–Crippen LogP) is 8.20. The van der Waals surface area contributed by atoms with Crippen molar-refractivity contribution >= 4 is 16.8 Å².